The Kier molecular flexibility index (Phi) is 10.3. The van der Waals surface area contributed by atoms with E-state index in [2.05, 4.69) is 19.1 Å². The van der Waals surface area contributed by atoms with Gasteiger partial charge in [-0.25, -0.2) is 14.4 Å². The van der Waals surface area contributed by atoms with Crippen LogP contribution in [-0.4, -0.2) is 24.5 Å². The Morgan fingerprint density at radius 2 is 1.31 bits per heavy atom. The number of ether oxygens (including phenoxy) is 4. The Bertz CT molecular complexity index is 2070. The number of hydrogen-bond acceptors (Lipinski definition) is 8. The SMILES string of the molecule is CCCCCCOc1ccc(C(=O)Oc2ccc(C(=O)Oc3cccc4c3[C@]3(CCc5cccc(OC(=O)C=Cc6ccoc6)c53)CC4)cc2)cc1. The van der Waals surface area contributed by atoms with Gasteiger partial charge >= 0.3 is 17.9 Å². The van der Waals surface area contributed by atoms with Gasteiger partial charge in [-0.1, -0.05) is 50.5 Å². The van der Waals surface area contributed by atoms with E-state index in [-0.39, 0.29) is 0 Å². The van der Waals surface area contributed by atoms with E-state index in [0.29, 0.717) is 40.7 Å². The van der Waals surface area contributed by atoms with Crippen molar-refractivity contribution in [1.82, 2.24) is 0 Å². The number of furan rings is 1. The molecule has 2 aliphatic rings. The highest BCUT2D eigenvalue weighted by molar-refractivity contribution is 5.93. The summed E-state index contributed by atoms with van der Waals surface area (Å²) in [5, 5.41) is 0. The van der Waals surface area contributed by atoms with E-state index in [0.717, 1.165) is 66.3 Å². The van der Waals surface area contributed by atoms with Crippen molar-refractivity contribution < 1.29 is 37.7 Å². The van der Waals surface area contributed by atoms with E-state index in [1.54, 1.807) is 73.2 Å². The molecule has 1 heterocycles. The maximum absolute atomic E-state index is 13.5. The number of esters is 3. The van der Waals surface area contributed by atoms with E-state index in [1.807, 2.05) is 24.3 Å². The zero-order chi connectivity index (χ0) is 35.9. The van der Waals surface area contributed by atoms with Crippen LogP contribution in [-0.2, 0) is 23.1 Å². The van der Waals surface area contributed by atoms with Gasteiger partial charge in [-0.3, -0.25) is 0 Å². The van der Waals surface area contributed by atoms with Crippen molar-refractivity contribution in [2.75, 3.05) is 6.61 Å². The minimum absolute atomic E-state index is 0.307. The third kappa shape index (κ3) is 7.42. The molecule has 2 aliphatic carbocycles. The molecule has 0 fully saturated rings. The second-order valence-corrected chi connectivity index (χ2v) is 13.2. The molecule has 5 aromatic rings. The molecule has 1 aromatic heterocycles. The lowest BCUT2D eigenvalue weighted by atomic mass is 9.76. The second kappa shape index (κ2) is 15.6. The first-order valence-electron chi connectivity index (χ1n) is 17.9. The Hall–Kier alpha value is -5.89. The predicted octanol–water partition coefficient (Wildman–Crippen LogP) is 9.47. The average molecular weight is 697 g/mol. The summed E-state index contributed by atoms with van der Waals surface area (Å²) >= 11 is 0. The fraction of sp³-hybridized carbons (Fsp3) is 0.250. The van der Waals surface area contributed by atoms with E-state index in [9.17, 15) is 14.4 Å². The molecule has 0 N–H and O–H groups in total. The second-order valence-electron chi connectivity index (χ2n) is 13.2. The van der Waals surface area contributed by atoms with Crippen LogP contribution >= 0.6 is 0 Å². The van der Waals surface area contributed by atoms with Crippen molar-refractivity contribution in [3.8, 4) is 23.0 Å². The number of aryl methyl sites for hydroxylation is 2. The molecule has 4 aromatic carbocycles. The average Bonchev–Trinajstić information content (AvgIpc) is 3.92. The van der Waals surface area contributed by atoms with Crippen molar-refractivity contribution in [1.29, 1.82) is 0 Å². The highest BCUT2D eigenvalue weighted by Crippen LogP contribution is 2.57. The summed E-state index contributed by atoms with van der Waals surface area (Å²) in [5.41, 5.74) is 5.15. The van der Waals surface area contributed by atoms with Gasteiger partial charge in [0.05, 0.1) is 30.3 Å². The van der Waals surface area contributed by atoms with Gasteiger partial charge in [0, 0.05) is 28.2 Å². The predicted molar refractivity (Wildman–Crippen MR) is 196 cm³/mol. The van der Waals surface area contributed by atoms with Crippen LogP contribution in [0.25, 0.3) is 6.08 Å². The maximum Gasteiger partial charge on any atom is 0.343 e. The standard InChI is InChI=1S/C44H40O8/c1-2-3-4-5-27-49-35-17-13-33(14-18-35)42(46)50-36-19-15-34(16-20-36)43(47)52-38-11-7-9-32-23-26-44(41(32)38)25-22-31-8-6-10-37(40(31)44)51-39(45)21-12-30-24-28-48-29-30/h6-21,24,28-29H,2-5,22-23,25-27H2,1H3/t44-/m1/s1. The van der Waals surface area contributed by atoms with Crippen LogP contribution in [0.5, 0.6) is 23.0 Å². The van der Waals surface area contributed by atoms with E-state index >= 15 is 0 Å². The van der Waals surface area contributed by atoms with Crippen molar-refractivity contribution >= 4 is 24.0 Å². The number of hydrogen-bond donors (Lipinski definition) is 0. The molecular weight excluding hydrogens is 656 g/mol. The third-order valence-corrected chi connectivity index (χ3v) is 9.85. The minimum Gasteiger partial charge on any atom is -0.494 e. The quantitative estimate of drug-likeness (QED) is 0.0520. The number of carbonyl (C=O) groups is 3. The topological polar surface area (TPSA) is 101 Å². The number of fused-ring (bicyclic) bond motifs is 4. The van der Waals surface area contributed by atoms with Gasteiger partial charge < -0.3 is 23.4 Å². The molecule has 7 rings (SSSR count). The molecule has 0 amide bonds. The summed E-state index contributed by atoms with van der Waals surface area (Å²) in [6.45, 7) is 2.82. The number of benzene rings is 4. The van der Waals surface area contributed by atoms with Gasteiger partial charge in [-0.2, -0.15) is 0 Å². The monoisotopic (exact) mass is 696 g/mol. The molecule has 264 valence electrons. The van der Waals surface area contributed by atoms with Gasteiger partial charge in [0.15, 0.2) is 0 Å². The van der Waals surface area contributed by atoms with Crippen LogP contribution < -0.4 is 18.9 Å². The molecule has 0 unspecified atom stereocenters. The molecular formula is C44H40O8. The number of rotatable bonds is 13. The van der Waals surface area contributed by atoms with Crippen molar-refractivity contribution in [2.45, 2.75) is 63.7 Å². The Morgan fingerprint density at radius 3 is 1.92 bits per heavy atom. The molecule has 1 atom stereocenters. The summed E-state index contributed by atoms with van der Waals surface area (Å²) < 4.78 is 28.5. The lowest BCUT2D eigenvalue weighted by Gasteiger charge is -2.29. The van der Waals surface area contributed by atoms with E-state index in [1.165, 1.54) is 18.9 Å². The van der Waals surface area contributed by atoms with E-state index < -0.39 is 23.3 Å². The van der Waals surface area contributed by atoms with Gasteiger partial charge in [0.25, 0.3) is 0 Å². The molecule has 8 heteroatoms. The Labute approximate surface area is 303 Å². The summed E-state index contributed by atoms with van der Waals surface area (Å²) in [6, 6.07) is 26.6. The van der Waals surface area contributed by atoms with Crippen molar-refractivity contribution in [3.05, 3.63) is 149 Å². The molecule has 0 saturated carbocycles. The van der Waals surface area contributed by atoms with Crippen LogP contribution in [0, 0.1) is 0 Å². The van der Waals surface area contributed by atoms with Gasteiger partial charge in [-0.05, 0) is 116 Å². The largest absolute Gasteiger partial charge is 0.494 e. The zero-order valence-corrected chi connectivity index (χ0v) is 29.1. The maximum atomic E-state index is 13.5. The Morgan fingerprint density at radius 1 is 0.692 bits per heavy atom. The Balaban J connectivity index is 1.03. The number of carbonyl (C=O) groups excluding carboxylic acids is 3. The minimum atomic E-state index is -0.527. The summed E-state index contributed by atoms with van der Waals surface area (Å²) in [4.78, 5) is 39.3. The van der Waals surface area contributed by atoms with Crippen molar-refractivity contribution in [3.63, 3.8) is 0 Å². The first-order chi connectivity index (χ1) is 25.4. The van der Waals surface area contributed by atoms with Crippen LogP contribution in [0.4, 0.5) is 0 Å². The van der Waals surface area contributed by atoms with Gasteiger partial charge in [0.1, 0.15) is 23.0 Å². The van der Waals surface area contributed by atoms with Crippen LogP contribution in [0.3, 0.4) is 0 Å². The fourth-order valence-corrected chi connectivity index (χ4v) is 7.34. The summed E-state index contributed by atoms with van der Waals surface area (Å²) in [6.07, 6.45) is 13.8. The van der Waals surface area contributed by atoms with Gasteiger partial charge in [0.2, 0.25) is 0 Å². The summed E-state index contributed by atoms with van der Waals surface area (Å²) in [5.74, 6) is 0.491. The molecule has 0 bridgehead atoms. The highest BCUT2D eigenvalue weighted by atomic mass is 16.5. The number of unbranched alkanes of at least 4 members (excludes halogenated alkanes) is 3. The fourth-order valence-electron chi connectivity index (χ4n) is 7.34. The lowest BCUT2D eigenvalue weighted by molar-refractivity contribution is -0.129. The molecule has 1 spiro atoms. The molecule has 52 heavy (non-hydrogen) atoms. The van der Waals surface area contributed by atoms with E-state index in [4.69, 9.17) is 23.4 Å². The first-order valence-corrected chi connectivity index (χ1v) is 17.9. The molecule has 0 aliphatic heterocycles. The smallest absolute Gasteiger partial charge is 0.343 e. The zero-order valence-electron chi connectivity index (χ0n) is 29.1. The van der Waals surface area contributed by atoms with Gasteiger partial charge in [-0.15, -0.1) is 0 Å². The van der Waals surface area contributed by atoms with Crippen LogP contribution in [0.2, 0.25) is 0 Å². The lowest BCUT2D eigenvalue weighted by Crippen LogP contribution is -2.24. The summed E-state index contributed by atoms with van der Waals surface area (Å²) in [7, 11) is 0. The van der Waals surface area contributed by atoms with Crippen molar-refractivity contribution in [2.24, 2.45) is 0 Å². The first kappa shape index (κ1) is 34.6. The van der Waals surface area contributed by atoms with Crippen LogP contribution in [0.15, 0.2) is 114 Å². The molecule has 0 radical (unpaired) electrons. The normalized spacial score (nSPS) is 15.7. The molecule has 0 saturated heterocycles. The third-order valence-electron chi connectivity index (χ3n) is 9.85. The van der Waals surface area contributed by atoms with Crippen LogP contribution in [0.1, 0.15) is 94.0 Å². The highest BCUT2D eigenvalue weighted by Gasteiger charge is 2.49. The molecule has 8 nitrogen and oxygen atoms in total.